The lowest BCUT2D eigenvalue weighted by molar-refractivity contribution is -0.137. The van der Waals surface area contributed by atoms with E-state index in [1.807, 2.05) is 62.4 Å². The average molecular weight is 688 g/mol. The number of carbonyl (C=O) groups is 3. The summed E-state index contributed by atoms with van der Waals surface area (Å²) in [7, 11) is 2.09. The second kappa shape index (κ2) is 17.4. The topological polar surface area (TPSA) is 129 Å². The van der Waals surface area contributed by atoms with E-state index in [1.165, 1.54) is 10.5 Å². The molecular formula is C41H45N5O5. The van der Waals surface area contributed by atoms with E-state index >= 15 is 0 Å². The molecule has 0 saturated carbocycles. The molecule has 51 heavy (non-hydrogen) atoms. The maximum Gasteiger partial charge on any atom is 0.323 e. The zero-order valence-electron chi connectivity index (χ0n) is 29.6. The van der Waals surface area contributed by atoms with Crippen LogP contribution in [0.15, 0.2) is 102 Å². The number of amides is 2. The van der Waals surface area contributed by atoms with Crippen LogP contribution in [0.25, 0.3) is 34.0 Å². The maximum absolute atomic E-state index is 13.4. The number of nitrogens with one attached hydrogen (secondary N) is 1. The van der Waals surface area contributed by atoms with Crippen LogP contribution in [-0.2, 0) is 16.1 Å². The van der Waals surface area contributed by atoms with Gasteiger partial charge in [-0.15, -0.1) is 0 Å². The fourth-order valence-corrected chi connectivity index (χ4v) is 5.97. The highest BCUT2D eigenvalue weighted by atomic mass is 16.5. The maximum atomic E-state index is 13.4. The van der Waals surface area contributed by atoms with Gasteiger partial charge in [0.1, 0.15) is 6.54 Å². The van der Waals surface area contributed by atoms with Gasteiger partial charge in [-0.2, -0.15) is 4.98 Å². The SMILES string of the molecule is CC.Cc1ccc(-c2ccc(-c3nc(-c4ccc(CN(CC(=O)O)C(=O)c5ccc(NC(=O)CC6CCN(C)CC6)cc5)cc4)no3)cc2)cc1. The van der Waals surface area contributed by atoms with Crippen LogP contribution in [0.5, 0.6) is 0 Å². The number of anilines is 1. The molecular weight excluding hydrogens is 642 g/mol. The van der Waals surface area contributed by atoms with Crippen molar-refractivity contribution in [2.45, 2.75) is 46.6 Å². The number of nitrogens with zero attached hydrogens (tertiary/aromatic N) is 4. The molecule has 2 heterocycles. The number of hydrogen-bond acceptors (Lipinski definition) is 7. The lowest BCUT2D eigenvalue weighted by atomic mass is 9.93. The van der Waals surface area contributed by atoms with Crippen molar-refractivity contribution in [3.8, 4) is 34.0 Å². The van der Waals surface area contributed by atoms with Crippen molar-refractivity contribution in [1.29, 1.82) is 0 Å². The first-order valence-electron chi connectivity index (χ1n) is 17.4. The number of carbonyl (C=O) groups excluding carboxylic acids is 2. The second-order valence-electron chi connectivity index (χ2n) is 12.7. The predicted octanol–water partition coefficient (Wildman–Crippen LogP) is 7.80. The van der Waals surface area contributed by atoms with Gasteiger partial charge < -0.3 is 24.7 Å². The number of carboxylic acid groups (broad SMARTS) is 1. The number of carboxylic acids is 1. The van der Waals surface area contributed by atoms with Crippen molar-refractivity contribution < 1.29 is 24.0 Å². The third kappa shape index (κ3) is 9.98. The number of benzene rings is 4. The lowest BCUT2D eigenvalue weighted by Crippen LogP contribution is -2.35. The van der Waals surface area contributed by atoms with E-state index in [9.17, 15) is 19.5 Å². The van der Waals surface area contributed by atoms with Crippen LogP contribution in [0, 0.1) is 12.8 Å². The van der Waals surface area contributed by atoms with Crippen LogP contribution in [0.4, 0.5) is 5.69 Å². The zero-order chi connectivity index (χ0) is 36.3. The van der Waals surface area contributed by atoms with Crippen molar-refractivity contribution in [3.63, 3.8) is 0 Å². The molecule has 2 N–H and O–H groups in total. The molecule has 1 aromatic heterocycles. The van der Waals surface area contributed by atoms with Gasteiger partial charge in [-0.25, -0.2) is 0 Å². The molecule has 10 nitrogen and oxygen atoms in total. The molecule has 1 aliphatic heterocycles. The molecule has 1 fully saturated rings. The molecule has 10 heteroatoms. The summed E-state index contributed by atoms with van der Waals surface area (Å²) in [6, 6.07) is 30.1. The summed E-state index contributed by atoms with van der Waals surface area (Å²) in [5.74, 6) is -0.403. The normalized spacial score (nSPS) is 13.2. The van der Waals surface area contributed by atoms with Gasteiger partial charge in [0, 0.05) is 35.3 Å². The Morgan fingerprint density at radius 2 is 1.39 bits per heavy atom. The molecule has 0 atom stereocenters. The molecule has 0 bridgehead atoms. The van der Waals surface area contributed by atoms with Crippen LogP contribution in [0.1, 0.15) is 54.6 Å². The minimum atomic E-state index is -1.12. The molecule has 6 rings (SSSR count). The van der Waals surface area contributed by atoms with Gasteiger partial charge in [0.2, 0.25) is 11.7 Å². The van der Waals surface area contributed by atoms with Gasteiger partial charge in [0.05, 0.1) is 0 Å². The monoisotopic (exact) mass is 687 g/mol. The summed E-state index contributed by atoms with van der Waals surface area (Å²) in [5, 5.41) is 16.6. The minimum Gasteiger partial charge on any atom is -0.480 e. The van der Waals surface area contributed by atoms with E-state index in [0.29, 0.717) is 35.3 Å². The molecule has 1 saturated heterocycles. The molecule has 1 aliphatic rings. The quantitative estimate of drug-likeness (QED) is 0.144. The molecule has 2 amide bonds. The van der Waals surface area contributed by atoms with Crippen LogP contribution >= 0.6 is 0 Å². The van der Waals surface area contributed by atoms with Crippen LogP contribution in [0.2, 0.25) is 0 Å². The van der Waals surface area contributed by atoms with Crippen molar-refractivity contribution in [3.05, 3.63) is 114 Å². The largest absolute Gasteiger partial charge is 0.480 e. The smallest absolute Gasteiger partial charge is 0.323 e. The van der Waals surface area contributed by atoms with Gasteiger partial charge in [-0.3, -0.25) is 14.4 Å². The van der Waals surface area contributed by atoms with E-state index in [0.717, 1.165) is 53.7 Å². The summed E-state index contributed by atoms with van der Waals surface area (Å²) in [4.78, 5) is 45.8. The first-order chi connectivity index (χ1) is 24.7. The van der Waals surface area contributed by atoms with Gasteiger partial charge in [0.25, 0.3) is 11.8 Å². The molecule has 5 aromatic rings. The van der Waals surface area contributed by atoms with E-state index < -0.39 is 18.4 Å². The van der Waals surface area contributed by atoms with Crippen molar-refractivity contribution in [1.82, 2.24) is 19.9 Å². The molecule has 0 unspecified atom stereocenters. The molecule has 264 valence electrons. The first-order valence-corrected chi connectivity index (χ1v) is 17.4. The number of aryl methyl sites for hydroxylation is 1. The Kier molecular flexibility index (Phi) is 12.5. The standard InChI is InChI=1S/C39H39N5O5.C2H6/c1-26-3-7-29(8-4-26)30-11-13-32(14-12-30)38-41-37(42-49-38)31-9-5-28(6-10-31)24-44(25-36(46)47)39(48)33-15-17-34(18-16-33)40-35(45)23-27-19-21-43(2)22-20-27;1-2/h3-18,27H,19-25H2,1-2H3,(H,40,45)(H,46,47);1-2H3. The molecule has 0 spiro atoms. The highest BCUT2D eigenvalue weighted by Gasteiger charge is 2.21. The Morgan fingerprint density at radius 3 is 2.00 bits per heavy atom. The number of likely N-dealkylation sites (tertiary alicyclic amines) is 1. The van der Waals surface area contributed by atoms with Gasteiger partial charge in [0.15, 0.2) is 0 Å². The lowest BCUT2D eigenvalue weighted by Gasteiger charge is -2.28. The highest BCUT2D eigenvalue weighted by Crippen LogP contribution is 2.27. The zero-order valence-corrected chi connectivity index (χ0v) is 29.6. The summed E-state index contributed by atoms with van der Waals surface area (Å²) in [6.07, 6.45) is 2.47. The highest BCUT2D eigenvalue weighted by molar-refractivity contribution is 5.97. The van der Waals surface area contributed by atoms with Crippen LogP contribution < -0.4 is 5.32 Å². The fraction of sp³-hybridized carbons (Fsp3) is 0.293. The van der Waals surface area contributed by atoms with E-state index in [4.69, 9.17) is 4.52 Å². The predicted molar refractivity (Wildman–Crippen MR) is 199 cm³/mol. The average Bonchev–Trinajstić information content (AvgIpc) is 3.64. The number of piperidine rings is 1. The molecule has 0 aliphatic carbocycles. The van der Waals surface area contributed by atoms with Crippen molar-refractivity contribution in [2.24, 2.45) is 5.92 Å². The Morgan fingerprint density at radius 1 is 0.824 bits per heavy atom. The van der Waals surface area contributed by atoms with Gasteiger partial charge in [-0.05, 0) is 98.9 Å². The third-order valence-corrected chi connectivity index (χ3v) is 8.87. The summed E-state index contributed by atoms with van der Waals surface area (Å²) < 4.78 is 5.55. The van der Waals surface area contributed by atoms with E-state index in [2.05, 4.69) is 58.6 Å². The first kappa shape index (κ1) is 36.7. The minimum absolute atomic E-state index is 0.0471. The number of aliphatic carboxylic acids is 1. The Bertz CT molecular complexity index is 1890. The second-order valence-corrected chi connectivity index (χ2v) is 12.7. The third-order valence-electron chi connectivity index (χ3n) is 8.87. The molecule has 4 aromatic carbocycles. The van der Waals surface area contributed by atoms with E-state index in [-0.39, 0.29) is 12.5 Å². The summed E-state index contributed by atoms with van der Waals surface area (Å²) in [6.45, 7) is 7.68. The van der Waals surface area contributed by atoms with Gasteiger partial charge in [-0.1, -0.05) is 85.2 Å². The number of aromatic nitrogens is 2. The number of rotatable bonds is 11. The van der Waals surface area contributed by atoms with E-state index in [1.54, 1.807) is 24.3 Å². The molecule has 0 radical (unpaired) electrons. The van der Waals surface area contributed by atoms with Crippen molar-refractivity contribution in [2.75, 3.05) is 32.0 Å². The van der Waals surface area contributed by atoms with Gasteiger partial charge >= 0.3 is 5.97 Å². The number of hydrogen-bond donors (Lipinski definition) is 2. The Hall–Kier alpha value is -5.61. The van der Waals surface area contributed by atoms with Crippen molar-refractivity contribution >= 4 is 23.5 Å². The summed E-state index contributed by atoms with van der Waals surface area (Å²) >= 11 is 0. The fourth-order valence-electron chi connectivity index (χ4n) is 5.97. The summed E-state index contributed by atoms with van der Waals surface area (Å²) in [5.41, 5.74) is 6.62. The Labute approximate surface area is 299 Å². The van der Waals surface area contributed by atoms with Crippen LogP contribution in [-0.4, -0.2) is 69.5 Å². The Balaban J connectivity index is 0.00000248. The van der Waals surface area contributed by atoms with Crippen LogP contribution in [0.3, 0.4) is 0 Å².